The smallest absolute Gasteiger partial charge is 0.0363 e. The van der Waals surface area contributed by atoms with Gasteiger partial charge in [0.1, 0.15) is 0 Å². The molecule has 116 valence electrons. The van der Waals surface area contributed by atoms with Crippen molar-refractivity contribution in [3.8, 4) is 0 Å². The highest BCUT2D eigenvalue weighted by molar-refractivity contribution is 7.14. The molecule has 0 unspecified atom stereocenters. The zero-order chi connectivity index (χ0) is 16.2. The Balaban J connectivity index is 2.07. The Hall–Kier alpha value is -2.42. The molecular formula is C22H16S2. The van der Waals surface area contributed by atoms with Gasteiger partial charge < -0.3 is 0 Å². The fourth-order valence-electron chi connectivity index (χ4n) is 2.87. The molecule has 0 aliphatic rings. The van der Waals surface area contributed by atoms with Gasteiger partial charge in [-0.05, 0) is 39.6 Å². The van der Waals surface area contributed by atoms with Gasteiger partial charge in [0.25, 0.3) is 0 Å². The van der Waals surface area contributed by atoms with Crippen molar-refractivity contribution in [2.45, 2.75) is 0 Å². The van der Waals surface area contributed by atoms with E-state index in [1.165, 1.54) is 32.0 Å². The summed E-state index contributed by atoms with van der Waals surface area (Å²) in [5.41, 5.74) is 5.11. The predicted octanol–water partition coefficient (Wildman–Crippen LogP) is 6.82. The summed E-state index contributed by atoms with van der Waals surface area (Å²) in [7, 11) is 0. The zero-order valence-corrected chi connectivity index (χ0v) is 14.7. The monoisotopic (exact) mass is 344 g/mol. The average Bonchev–Trinajstić information content (AvgIpc) is 3.35. The lowest BCUT2D eigenvalue weighted by Crippen LogP contribution is -1.94. The second-order valence-corrected chi connectivity index (χ2v) is 7.33. The van der Waals surface area contributed by atoms with Crippen LogP contribution in [0.5, 0.6) is 0 Å². The zero-order valence-electron chi connectivity index (χ0n) is 13.1. The van der Waals surface area contributed by atoms with E-state index in [9.17, 15) is 0 Å². The van der Waals surface area contributed by atoms with E-state index in [0.29, 0.717) is 0 Å². The van der Waals surface area contributed by atoms with Crippen molar-refractivity contribution >= 4 is 33.8 Å². The maximum Gasteiger partial charge on any atom is 0.0363 e. The highest BCUT2D eigenvalue weighted by atomic mass is 32.1. The number of rotatable bonds is 4. The van der Waals surface area contributed by atoms with Gasteiger partial charge >= 0.3 is 0 Å². The van der Waals surface area contributed by atoms with E-state index in [1.54, 1.807) is 22.7 Å². The standard InChI is InChI=1S/C22H16S2/c1-3-9-17(10-4-1)21(18-11-5-2-6-12-18)22(19-13-7-15-23-19)20-14-8-16-24-20/h1-16H. The summed E-state index contributed by atoms with van der Waals surface area (Å²) in [6.45, 7) is 0. The van der Waals surface area contributed by atoms with Gasteiger partial charge in [-0.2, -0.15) is 0 Å². The van der Waals surface area contributed by atoms with Crippen molar-refractivity contribution in [3.05, 3.63) is 117 Å². The molecule has 0 saturated carbocycles. The van der Waals surface area contributed by atoms with Gasteiger partial charge in [-0.25, -0.2) is 0 Å². The molecule has 24 heavy (non-hydrogen) atoms. The molecule has 4 rings (SSSR count). The Kier molecular flexibility index (Phi) is 4.41. The first-order valence-corrected chi connectivity index (χ1v) is 9.62. The lowest BCUT2D eigenvalue weighted by atomic mass is 9.91. The van der Waals surface area contributed by atoms with Crippen LogP contribution in [0.2, 0.25) is 0 Å². The van der Waals surface area contributed by atoms with Crippen LogP contribution in [0.1, 0.15) is 20.9 Å². The van der Waals surface area contributed by atoms with Crippen molar-refractivity contribution in [3.63, 3.8) is 0 Å². The third kappa shape index (κ3) is 2.99. The van der Waals surface area contributed by atoms with Gasteiger partial charge in [0.15, 0.2) is 0 Å². The third-order valence-corrected chi connectivity index (χ3v) is 5.68. The first kappa shape index (κ1) is 15.1. The molecule has 0 nitrogen and oxygen atoms in total. The van der Waals surface area contributed by atoms with Crippen molar-refractivity contribution in [1.82, 2.24) is 0 Å². The van der Waals surface area contributed by atoms with E-state index in [0.717, 1.165) is 0 Å². The van der Waals surface area contributed by atoms with Crippen molar-refractivity contribution in [2.24, 2.45) is 0 Å². The highest BCUT2D eigenvalue weighted by Crippen LogP contribution is 2.39. The van der Waals surface area contributed by atoms with Crippen LogP contribution >= 0.6 is 22.7 Å². The van der Waals surface area contributed by atoms with Gasteiger partial charge in [0, 0.05) is 15.3 Å². The molecule has 2 heteroatoms. The minimum absolute atomic E-state index is 1.25. The van der Waals surface area contributed by atoms with Gasteiger partial charge in [-0.3, -0.25) is 0 Å². The lowest BCUT2D eigenvalue weighted by molar-refractivity contribution is 1.54. The van der Waals surface area contributed by atoms with E-state index in [2.05, 4.69) is 95.7 Å². The van der Waals surface area contributed by atoms with E-state index >= 15 is 0 Å². The summed E-state index contributed by atoms with van der Waals surface area (Å²) in [5.74, 6) is 0. The fourth-order valence-corrected chi connectivity index (χ4v) is 4.52. The molecule has 0 fully saturated rings. The summed E-state index contributed by atoms with van der Waals surface area (Å²) in [6.07, 6.45) is 0. The van der Waals surface area contributed by atoms with Crippen LogP contribution in [-0.4, -0.2) is 0 Å². The highest BCUT2D eigenvalue weighted by Gasteiger charge is 2.17. The molecule has 2 aromatic heterocycles. The molecule has 4 aromatic rings. The summed E-state index contributed by atoms with van der Waals surface area (Å²) in [4.78, 5) is 2.61. The number of thiophene rings is 2. The van der Waals surface area contributed by atoms with Crippen LogP contribution < -0.4 is 0 Å². The first-order chi connectivity index (χ1) is 11.9. The molecule has 2 aromatic carbocycles. The minimum atomic E-state index is 1.25. The lowest BCUT2D eigenvalue weighted by Gasteiger charge is -2.15. The maximum absolute atomic E-state index is 2.21. The summed E-state index contributed by atoms with van der Waals surface area (Å²) >= 11 is 3.59. The summed E-state index contributed by atoms with van der Waals surface area (Å²) in [5, 5.41) is 4.30. The molecular weight excluding hydrogens is 328 g/mol. The van der Waals surface area contributed by atoms with E-state index in [4.69, 9.17) is 0 Å². The molecule has 0 saturated heterocycles. The Morgan fingerprint density at radius 3 is 1.29 bits per heavy atom. The first-order valence-electron chi connectivity index (χ1n) is 7.86. The van der Waals surface area contributed by atoms with E-state index < -0.39 is 0 Å². The van der Waals surface area contributed by atoms with Crippen LogP contribution in [-0.2, 0) is 0 Å². The average molecular weight is 345 g/mol. The van der Waals surface area contributed by atoms with Crippen LogP contribution in [0, 0.1) is 0 Å². The fraction of sp³-hybridized carbons (Fsp3) is 0. The van der Waals surface area contributed by atoms with E-state index in [-0.39, 0.29) is 0 Å². The molecule has 0 radical (unpaired) electrons. The molecule has 0 aliphatic carbocycles. The molecule has 0 amide bonds. The second-order valence-electron chi connectivity index (χ2n) is 5.44. The Morgan fingerprint density at radius 2 is 0.917 bits per heavy atom. The molecule has 2 heterocycles. The van der Waals surface area contributed by atoms with Crippen molar-refractivity contribution in [2.75, 3.05) is 0 Å². The number of hydrogen-bond acceptors (Lipinski definition) is 2. The normalized spacial score (nSPS) is 10.5. The Labute approximate surface area is 150 Å². The largest absolute Gasteiger partial charge is 0.144 e. The van der Waals surface area contributed by atoms with Crippen LogP contribution in [0.3, 0.4) is 0 Å². The van der Waals surface area contributed by atoms with Crippen LogP contribution in [0.25, 0.3) is 11.1 Å². The van der Waals surface area contributed by atoms with Gasteiger partial charge in [-0.1, -0.05) is 72.8 Å². The Bertz CT molecular complexity index is 839. The Morgan fingerprint density at radius 1 is 0.458 bits per heavy atom. The maximum atomic E-state index is 2.21. The predicted molar refractivity (Wildman–Crippen MR) is 107 cm³/mol. The van der Waals surface area contributed by atoms with Gasteiger partial charge in [0.2, 0.25) is 0 Å². The molecule has 0 spiro atoms. The molecule has 0 bridgehead atoms. The second kappa shape index (κ2) is 7.00. The van der Waals surface area contributed by atoms with Crippen LogP contribution in [0.15, 0.2) is 95.7 Å². The molecule has 0 atom stereocenters. The number of benzene rings is 2. The van der Waals surface area contributed by atoms with Crippen molar-refractivity contribution < 1.29 is 0 Å². The summed E-state index contributed by atoms with van der Waals surface area (Å²) in [6, 6.07) is 30.1. The molecule has 0 aliphatic heterocycles. The van der Waals surface area contributed by atoms with Crippen LogP contribution in [0.4, 0.5) is 0 Å². The van der Waals surface area contributed by atoms with Gasteiger partial charge in [0.05, 0.1) is 0 Å². The minimum Gasteiger partial charge on any atom is -0.144 e. The SMILES string of the molecule is c1ccc(C(=C(c2cccs2)c2cccs2)c2ccccc2)cc1. The summed E-state index contributed by atoms with van der Waals surface area (Å²) < 4.78 is 0. The molecule has 0 N–H and O–H groups in total. The number of hydrogen-bond donors (Lipinski definition) is 0. The van der Waals surface area contributed by atoms with Crippen molar-refractivity contribution in [1.29, 1.82) is 0 Å². The van der Waals surface area contributed by atoms with E-state index in [1.807, 2.05) is 0 Å². The third-order valence-electron chi connectivity index (χ3n) is 3.91. The topological polar surface area (TPSA) is 0 Å². The quantitative estimate of drug-likeness (QED) is 0.381. The van der Waals surface area contributed by atoms with Gasteiger partial charge in [-0.15, -0.1) is 22.7 Å².